The summed E-state index contributed by atoms with van der Waals surface area (Å²) in [6, 6.07) is 6.59. The fourth-order valence-electron chi connectivity index (χ4n) is 1.39. The summed E-state index contributed by atoms with van der Waals surface area (Å²) >= 11 is 1.48. The Kier molecular flexibility index (Phi) is 4.11. The number of aromatic nitrogens is 1. The molecule has 0 saturated heterocycles. The molecule has 0 N–H and O–H groups in total. The Labute approximate surface area is 110 Å². The molecule has 0 unspecified atom stereocenters. The Hall–Kier alpha value is -1.24. The third-order valence-electron chi connectivity index (χ3n) is 2.39. The highest BCUT2D eigenvalue weighted by Gasteiger charge is 2.14. The lowest BCUT2D eigenvalue weighted by Gasteiger charge is -2.05. The van der Waals surface area contributed by atoms with Crippen molar-refractivity contribution in [2.24, 2.45) is 0 Å². The molecule has 0 aliphatic heterocycles. The minimum atomic E-state index is -3.65. The van der Waals surface area contributed by atoms with E-state index < -0.39 is 10.1 Å². The summed E-state index contributed by atoms with van der Waals surface area (Å²) in [5.41, 5.74) is 3.57. The van der Waals surface area contributed by atoms with Gasteiger partial charge in [-0.05, 0) is 19.1 Å². The Bertz CT molecular complexity index is 589. The van der Waals surface area contributed by atoms with Crippen LogP contribution in [-0.4, -0.2) is 20.0 Å². The lowest BCUT2D eigenvalue weighted by Crippen LogP contribution is -2.09. The van der Waals surface area contributed by atoms with Crippen LogP contribution in [0.2, 0.25) is 0 Å². The highest BCUT2D eigenvalue weighted by Crippen LogP contribution is 2.13. The van der Waals surface area contributed by atoms with Crippen molar-refractivity contribution in [2.75, 3.05) is 6.61 Å². The first kappa shape index (κ1) is 13.2. The summed E-state index contributed by atoms with van der Waals surface area (Å²) in [6.07, 6.45) is 0.495. The molecule has 0 amide bonds. The van der Waals surface area contributed by atoms with Gasteiger partial charge in [-0.1, -0.05) is 17.7 Å². The number of thiazole rings is 1. The first-order valence-electron chi connectivity index (χ1n) is 5.41. The second-order valence-corrected chi connectivity index (χ2v) is 6.15. The monoisotopic (exact) mass is 283 g/mol. The lowest BCUT2D eigenvalue weighted by atomic mass is 10.2. The van der Waals surface area contributed by atoms with Gasteiger partial charge in [0.2, 0.25) is 0 Å². The van der Waals surface area contributed by atoms with Crippen LogP contribution in [0.15, 0.2) is 40.1 Å². The molecular formula is C12H13NO3S2. The van der Waals surface area contributed by atoms with E-state index in [4.69, 9.17) is 4.18 Å². The molecule has 0 aliphatic carbocycles. The smallest absolute Gasteiger partial charge is 0.266 e. The van der Waals surface area contributed by atoms with Gasteiger partial charge < -0.3 is 0 Å². The van der Waals surface area contributed by atoms with Crippen LogP contribution >= 0.6 is 11.3 Å². The number of aryl methyl sites for hydroxylation is 1. The predicted molar refractivity (Wildman–Crippen MR) is 70.1 cm³/mol. The van der Waals surface area contributed by atoms with E-state index in [0.29, 0.717) is 6.42 Å². The minimum Gasteiger partial charge on any atom is -0.266 e. The van der Waals surface area contributed by atoms with E-state index in [-0.39, 0.29) is 11.5 Å². The van der Waals surface area contributed by atoms with Gasteiger partial charge in [0.25, 0.3) is 10.1 Å². The Morgan fingerprint density at radius 3 is 2.61 bits per heavy atom. The molecule has 6 heteroatoms. The average Bonchev–Trinajstić information content (AvgIpc) is 2.82. The molecule has 0 radical (unpaired) electrons. The van der Waals surface area contributed by atoms with Crippen LogP contribution < -0.4 is 0 Å². The molecule has 1 heterocycles. The molecule has 18 heavy (non-hydrogen) atoms. The maximum absolute atomic E-state index is 11.8. The van der Waals surface area contributed by atoms with Crippen molar-refractivity contribution in [1.29, 1.82) is 0 Å². The Morgan fingerprint density at radius 2 is 2.00 bits per heavy atom. The number of nitrogens with zero attached hydrogens (tertiary/aromatic N) is 1. The van der Waals surface area contributed by atoms with E-state index in [1.54, 1.807) is 29.8 Å². The molecule has 1 aromatic carbocycles. The van der Waals surface area contributed by atoms with Crippen molar-refractivity contribution in [2.45, 2.75) is 18.2 Å². The molecule has 2 aromatic rings. The molecule has 0 spiro atoms. The van der Waals surface area contributed by atoms with Crippen molar-refractivity contribution in [1.82, 2.24) is 4.98 Å². The quantitative estimate of drug-likeness (QED) is 0.791. The zero-order valence-electron chi connectivity index (χ0n) is 9.87. The van der Waals surface area contributed by atoms with E-state index in [1.165, 1.54) is 11.3 Å². The van der Waals surface area contributed by atoms with E-state index in [9.17, 15) is 8.42 Å². The number of rotatable bonds is 5. The largest absolute Gasteiger partial charge is 0.296 e. The van der Waals surface area contributed by atoms with E-state index in [2.05, 4.69) is 4.98 Å². The molecule has 0 aliphatic rings. The highest BCUT2D eigenvalue weighted by molar-refractivity contribution is 7.86. The van der Waals surface area contributed by atoms with Crippen LogP contribution in [0.1, 0.15) is 11.3 Å². The normalized spacial score (nSPS) is 11.6. The summed E-state index contributed by atoms with van der Waals surface area (Å²) < 4.78 is 28.6. The second-order valence-electron chi connectivity index (χ2n) is 3.82. The highest BCUT2D eigenvalue weighted by atomic mass is 32.2. The average molecular weight is 283 g/mol. The van der Waals surface area contributed by atoms with Gasteiger partial charge in [0.05, 0.1) is 22.7 Å². The van der Waals surface area contributed by atoms with Gasteiger partial charge >= 0.3 is 0 Å². The number of hydrogen-bond acceptors (Lipinski definition) is 5. The molecule has 4 nitrogen and oxygen atoms in total. The van der Waals surface area contributed by atoms with Gasteiger partial charge in [-0.15, -0.1) is 11.3 Å². The van der Waals surface area contributed by atoms with E-state index >= 15 is 0 Å². The fraction of sp³-hybridized carbons (Fsp3) is 0.250. The molecule has 0 bridgehead atoms. The third-order valence-corrected chi connectivity index (χ3v) is 4.35. The zero-order chi connectivity index (χ0) is 13.0. The molecule has 2 rings (SSSR count). The first-order valence-corrected chi connectivity index (χ1v) is 7.76. The molecular weight excluding hydrogens is 270 g/mol. The van der Waals surface area contributed by atoms with Gasteiger partial charge in [-0.3, -0.25) is 4.18 Å². The summed E-state index contributed by atoms with van der Waals surface area (Å²) in [5, 5.41) is 1.88. The van der Waals surface area contributed by atoms with Gasteiger partial charge in [0, 0.05) is 11.8 Å². The van der Waals surface area contributed by atoms with Crippen LogP contribution in [-0.2, 0) is 20.7 Å². The van der Waals surface area contributed by atoms with Crippen molar-refractivity contribution in [3.05, 3.63) is 46.4 Å². The molecule has 96 valence electrons. The van der Waals surface area contributed by atoms with Crippen LogP contribution in [0, 0.1) is 6.92 Å². The maximum Gasteiger partial charge on any atom is 0.296 e. The topological polar surface area (TPSA) is 56.3 Å². The SMILES string of the molecule is Cc1ccc(S(=O)(=O)OCCc2cscn2)cc1. The Morgan fingerprint density at radius 1 is 1.28 bits per heavy atom. The predicted octanol–water partition coefficient (Wildman–Crippen LogP) is 2.40. The van der Waals surface area contributed by atoms with Gasteiger partial charge in [-0.25, -0.2) is 4.98 Å². The summed E-state index contributed by atoms with van der Waals surface area (Å²) in [6.45, 7) is 2.01. The summed E-state index contributed by atoms with van der Waals surface area (Å²) in [7, 11) is -3.65. The zero-order valence-corrected chi connectivity index (χ0v) is 11.5. The number of hydrogen-bond donors (Lipinski definition) is 0. The van der Waals surface area contributed by atoms with E-state index in [1.807, 2.05) is 12.3 Å². The first-order chi connectivity index (χ1) is 8.58. The molecule has 0 fully saturated rings. The Balaban J connectivity index is 1.97. The van der Waals surface area contributed by atoms with Crippen LogP contribution in [0.25, 0.3) is 0 Å². The standard InChI is InChI=1S/C12H13NO3S2/c1-10-2-4-12(5-3-10)18(14,15)16-7-6-11-8-17-9-13-11/h2-5,8-9H,6-7H2,1H3. The van der Waals surface area contributed by atoms with Gasteiger partial charge in [0.1, 0.15) is 0 Å². The van der Waals surface area contributed by atoms with Crippen LogP contribution in [0.4, 0.5) is 0 Å². The summed E-state index contributed by atoms with van der Waals surface area (Å²) in [5.74, 6) is 0. The van der Waals surface area contributed by atoms with Crippen molar-refractivity contribution >= 4 is 21.5 Å². The van der Waals surface area contributed by atoms with E-state index in [0.717, 1.165) is 11.3 Å². The van der Waals surface area contributed by atoms with Crippen LogP contribution in [0.5, 0.6) is 0 Å². The van der Waals surface area contributed by atoms with Crippen molar-refractivity contribution in [3.63, 3.8) is 0 Å². The second kappa shape index (κ2) is 5.60. The van der Waals surface area contributed by atoms with Crippen molar-refractivity contribution < 1.29 is 12.6 Å². The number of benzene rings is 1. The fourth-order valence-corrected chi connectivity index (χ4v) is 2.89. The maximum atomic E-state index is 11.8. The lowest BCUT2D eigenvalue weighted by molar-refractivity contribution is 0.321. The molecule has 0 saturated carbocycles. The van der Waals surface area contributed by atoms with Crippen LogP contribution in [0.3, 0.4) is 0 Å². The third kappa shape index (κ3) is 3.38. The van der Waals surface area contributed by atoms with Gasteiger partial charge in [0.15, 0.2) is 0 Å². The summed E-state index contributed by atoms with van der Waals surface area (Å²) in [4.78, 5) is 4.25. The molecule has 0 atom stereocenters. The minimum absolute atomic E-state index is 0.111. The van der Waals surface area contributed by atoms with Gasteiger partial charge in [-0.2, -0.15) is 8.42 Å². The molecule has 1 aromatic heterocycles. The van der Waals surface area contributed by atoms with Crippen molar-refractivity contribution in [3.8, 4) is 0 Å².